The summed E-state index contributed by atoms with van der Waals surface area (Å²) >= 11 is 7.69. The number of aromatic amines is 1. The summed E-state index contributed by atoms with van der Waals surface area (Å²) in [5.74, 6) is -0.0374. The Morgan fingerprint density at radius 1 is 0.960 bits per heavy atom. The number of thiophene rings is 1. The summed E-state index contributed by atoms with van der Waals surface area (Å²) < 4.78 is 0.535. The molecule has 0 saturated carbocycles. The number of fused-ring (bicyclic) bond motifs is 1. The van der Waals surface area contributed by atoms with Gasteiger partial charge in [0.25, 0.3) is 5.56 Å². The number of hydrogen-bond acceptors (Lipinski definition) is 3. The topological polar surface area (TPSA) is 53.1 Å². The van der Waals surface area contributed by atoms with E-state index < -0.39 is 0 Å². The van der Waals surface area contributed by atoms with Gasteiger partial charge in [0.2, 0.25) is 0 Å². The summed E-state index contributed by atoms with van der Waals surface area (Å²) in [7, 11) is 0. The maximum Gasteiger partial charge on any atom is 0.260 e. The second-order valence-corrected chi connectivity index (χ2v) is 7.49. The van der Waals surface area contributed by atoms with E-state index >= 15 is 0 Å². The maximum atomic E-state index is 12.5. The van der Waals surface area contributed by atoms with Crippen molar-refractivity contribution >= 4 is 33.2 Å². The van der Waals surface area contributed by atoms with Crippen molar-refractivity contribution in [3.63, 3.8) is 0 Å². The summed E-state index contributed by atoms with van der Waals surface area (Å²) in [4.78, 5) is 16.0. The van der Waals surface area contributed by atoms with Crippen LogP contribution in [0.3, 0.4) is 0 Å². The van der Waals surface area contributed by atoms with Crippen LogP contribution in [0.25, 0.3) is 32.5 Å². The Kier molecular flexibility index (Phi) is 3.86. The molecule has 124 valence electrons. The molecular formula is C20H14ClNO2S. The van der Waals surface area contributed by atoms with Crippen molar-refractivity contribution in [2.24, 2.45) is 0 Å². The molecular weight excluding hydrogens is 354 g/mol. The first kappa shape index (κ1) is 15.9. The van der Waals surface area contributed by atoms with Gasteiger partial charge in [-0.1, -0.05) is 71.8 Å². The SMILES string of the molecule is Cc1ccc(-c2c(O)c3c(-c4ccccc4)c(Cl)sc3[nH]c2=O)cc1. The smallest absolute Gasteiger partial charge is 0.260 e. The standard InChI is InChI=1S/C20H14ClNO2S/c1-11-7-9-13(10-8-11)15-17(23)16-14(12-5-3-2-4-6-12)18(21)25-20(16)22-19(15)24/h2-10H,1H3,(H2,22,23,24). The van der Waals surface area contributed by atoms with Gasteiger partial charge in [-0.05, 0) is 18.1 Å². The lowest BCUT2D eigenvalue weighted by Crippen LogP contribution is -2.08. The second kappa shape index (κ2) is 6.06. The van der Waals surface area contributed by atoms with E-state index in [0.29, 0.717) is 20.1 Å². The molecule has 0 aliphatic carbocycles. The van der Waals surface area contributed by atoms with E-state index in [0.717, 1.165) is 16.7 Å². The Balaban J connectivity index is 2.07. The Bertz CT molecular complexity index is 1130. The third kappa shape index (κ3) is 2.64. The lowest BCUT2D eigenvalue weighted by atomic mass is 10.00. The van der Waals surface area contributed by atoms with Crippen LogP contribution in [0.1, 0.15) is 5.56 Å². The van der Waals surface area contributed by atoms with Crippen molar-refractivity contribution < 1.29 is 5.11 Å². The lowest BCUT2D eigenvalue weighted by Gasteiger charge is -2.08. The number of aryl methyl sites for hydroxylation is 1. The van der Waals surface area contributed by atoms with Crippen molar-refractivity contribution in [2.45, 2.75) is 6.92 Å². The van der Waals surface area contributed by atoms with E-state index in [1.807, 2.05) is 61.5 Å². The van der Waals surface area contributed by atoms with Gasteiger partial charge in [-0.2, -0.15) is 0 Å². The lowest BCUT2D eigenvalue weighted by molar-refractivity contribution is 0.483. The fraction of sp³-hybridized carbons (Fsp3) is 0.0500. The first-order valence-electron chi connectivity index (χ1n) is 7.76. The summed E-state index contributed by atoms with van der Waals surface area (Å²) in [6.07, 6.45) is 0. The third-order valence-corrected chi connectivity index (χ3v) is 5.51. The molecule has 0 radical (unpaired) electrons. The third-order valence-electron chi connectivity index (χ3n) is 4.20. The number of aromatic hydroxyl groups is 1. The molecule has 25 heavy (non-hydrogen) atoms. The first-order chi connectivity index (χ1) is 12.1. The highest BCUT2D eigenvalue weighted by Gasteiger charge is 2.21. The summed E-state index contributed by atoms with van der Waals surface area (Å²) in [6.45, 7) is 1.98. The van der Waals surface area contributed by atoms with Crippen LogP contribution in [-0.4, -0.2) is 10.1 Å². The van der Waals surface area contributed by atoms with Crippen LogP contribution in [0, 0.1) is 6.92 Å². The number of hydrogen-bond donors (Lipinski definition) is 2. The molecule has 0 aliphatic rings. The number of rotatable bonds is 2. The van der Waals surface area contributed by atoms with Crippen LogP contribution < -0.4 is 5.56 Å². The molecule has 0 atom stereocenters. The average Bonchev–Trinajstić information content (AvgIpc) is 2.93. The minimum absolute atomic E-state index is 0.0374. The number of benzene rings is 2. The largest absolute Gasteiger partial charge is 0.506 e. The summed E-state index contributed by atoms with van der Waals surface area (Å²) in [6, 6.07) is 17.1. The first-order valence-corrected chi connectivity index (χ1v) is 8.95. The van der Waals surface area contributed by atoms with Crippen LogP contribution in [0.4, 0.5) is 0 Å². The Hall–Kier alpha value is -2.56. The molecule has 2 aromatic heterocycles. The van der Waals surface area contributed by atoms with Crippen LogP contribution in [0.15, 0.2) is 59.4 Å². The minimum atomic E-state index is -0.327. The number of pyridine rings is 1. The predicted octanol–water partition coefficient (Wildman–Crippen LogP) is 5.59. The van der Waals surface area contributed by atoms with Gasteiger partial charge >= 0.3 is 0 Å². The van der Waals surface area contributed by atoms with E-state index in [2.05, 4.69) is 4.98 Å². The van der Waals surface area contributed by atoms with Crippen LogP contribution in [0.2, 0.25) is 4.34 Å². The normalized spacial score (nSPS) is 11.1. The van der Waals surface area contributed by atoms with Gasteiger partial charge < -0.3 is 10.1 Å². The van der Waals surface area contributed by atoms with Gasteiger partial charge in [0.05, 0.1) is 10.9 Å². The second-order valence-electron chi connectivity index (χ2n) is 5.86. The van der Waals surface area contributed by atoms with Crippen LogP contribution in [0.5, 0.6) is 5.75 Å². The molecule has 5 heteroatoms. The molecule has 0 bridgehead atoms. The van der Waals surface area contributed by atoms with E-state index in [1.54, 1.807) is 0 Å². The molecule has 0 amide bonds. The molecule has 4 aromatic rings. The summed E-state index contributed by atoms with van der Waals surface area (Å²) in [5.41, 5.74) is 3.34. The molecule has 0 unspecified atom stereocenters. The average molecular weight is 368 g/mol. The van der Waals surface area contributed by atoms with Gasteiger partial charge in [0.15, 0.2) is 0 Å². The van der Waals surface area contributed by atoms with Crippen molar-refractivity contribution in [3.05, 3.63) is 74.9 Å². The van der Waals surface area contributed by atoms with Gasteiger partial charge in [-0.25, -0.2) is 0 Å². The molecule has 0 aliphatic heterocycles. The Morgan fingerprint density at radius 2 is 1.60 bits per heavy atom. The maximum absolute atomic E-state index is 12.5. The van der Waals surface area contributed by atoms with E-state index in [4.69, 9.17) is 11.6 Å². The van der Waals surface area contributed by atoms with Crippen LogP contribution in [-0.2, 0) is 0 Å². The van der Waals surface area contributed by atoms with Gasteiger partial charge in [-0.15, -0.1) is 11.3 Å². The number of aromatic nitrogens is 1. The highest BCUT2D eigenvalue weighted by molar-refractivity contribution is 7.23. The molecule has 2 heterocycles. The number of nitrogens with one attached hydrogen (secondary N) is 1. The Labute approximate surface area is 153 Å². The van der Waals surface area contributed by atoms with E-state index in [-0.39, 0.29) is 16.9 Å². The highest BCUT2D eigenvalue weighted by Crippen LogP contribution is 2.46. The van der Waals surface area contributed by atoms with Gasteiger partial charge in [0, 0.05) is 5.56 Å². The fourth-order valence-electron chi connectivity index (χ4n) is 2.97. The Morgan fingerprint density at radius 3 is 2.28 bits per heavy atom. The highest BCUT2D eigenvalue weighted by atomic mass is 35.5. The van der Waals surface area contributed by atoms with Gasteiger partial charge in [-0.3, -0.25) is 4.79 Å². The minimum Gasteiger partial charge on any atom is -0.506 e. The van der Waals surface area contributed by atoms with E-state index in [1.165, 1.54) is 11.3 Å². The van der Waals surface area contributed by atoms with Crippen molar-refractivity contribution in [3.8, 4) is 28.0 Å². The van der Waals surface area contributed by atoms with Gasteiger partial charge in [0.1, 0.15) is 14.9 Å². The molecule has 0 saturated heterocycles. The quantitative estimate of drug-likeness (QED) is 0.485. The molecule has 3 nitrogen and oxygen atoms in total. The van der Waals surface area contributed by atoms with Crippen molar-refractivity contribution in [1.29, 1.82) is 0 Å². The molecule has 0 fully saturated rings. The van der Waals surface area contributed by atoms with Crippen LogP contribution >= 0.6 is 22.9 Å². The molecule has 0 spiro atoms. The van der Waals surface area contributed by atoms with Crippen molar-refractivity contribution in [1.82, 2.24) is 4.98 Å². The molecule has 2 aromatic carbocycles. The van der Waals surface area contributed by atoms with E-state index in [9.17, 15) is 9.90 Å². The number of H-pyrrole nitrogens is 1. The number of halogens is 1. The zero-order valence-corrected chi connectivity index (χ0v) is 14.9. The molecule has 4 rings (SSSR count). The predicted molar refractivity (Wildman–Crippen MR) is 105 cm³/mol. The monoisotopic (exact) mass is 367 g/mol. The summed E-state index contributed by atoms with van der Waals surface area (Å²) in [5, 5.41) is 11.5. The van der Waals surface area contributed by atoms with Crippen molar-refractivity contribution in [2.75, 3.05) is 0 Å². The molecule has 2 N–H and O–H groups in total. The fourth-order valence-corrected chi connectivity index (χ4v) is 4.35. The zero-order chi connectivity index (χ0) is 17.6. The zero-order valence-electron chi connectivity index (χ0n) is 13.3.